The molecule has 0 atom stereocenters. The van der Waals surface area contributed by atoms with Crippen molar-refractivity contribution in [3.05, 3.63) is 60.2 Å². The fourth-order valence-electron chi connectivity index (χ4n) is 1.77. The summed E-state index contributed by atoms with van der Waals surface area (Å²) < 4.78 is 0. The molecule has 0 spiro atoms. The van der Waals surface area contributed by atoms with Crippen LogP contribution in [0.5, 0.6) is 0 Å². The second-order valence-corrected chi connectivity index (χ2v) is 4.47. The van der Waals surface area contributed by atoms with Gasteiger partial charge in [0.25, 0.3) is 5.91 Å². The summed E-state index contributed by atoms with van der Waals surface area (Å²) in [7, 11) is 3.14. The number of Topliss-reactive ketones (excluding diaryl/α,β-unsaturated/α-hetero) is 1. The van der Waals surface area contributed by atoms with Crippen LogP contribution in [0.2, 0.25) is 0 Å². The maximum absolute atomic E-state index is 11.8. The largest absolute Gasteiger partial charge is 0.342 e. The first-order valence-electron chi connectivity index (χ1n) is 6.01. The molecule has 0 bridgehead atoms. The molecule has 0 saturated heterocycles. The number of carbonyl (C=O) groups is 2. The van der Waals surface area contributed by atoms with Crippen LogP contribution in [0.1, 0.15) is 10.4 Å². The summed E-state index contributed by atoms with van der Waals surface area (Å²) in [5, 5.41) is 0. The summed E-state index contributed by atoms with van der Waals surface area (Å²) in [4.78, 5) is 24.7. The monoisotopic (exact) mass is 253 g/mol. The van der Waals surface area contributed by atoms with Gasteiger partial charge in [0, 0.05) is 19.7 Å². The Hall–Kier alpha value is -2.42. The third-order valence-corrected chi connectivity index (χ3v) is 2.85. The Bertz CT molecular complexity index is 586. The fraction of sp³-hybridized carbons (Fsp3) is 0.125. The van der Waals surface area contributed by atoms with Crippen LogP contribution >= 0.6 is 0 Å². The van der Waals surface area contributed by atoms with Crippen molar-refractivity contribution in [2.45, 2.75) is 0 Å². The van der Waals surface area contributed by atoms with Gasteiger partial charge >= 0.3 is 0 Å². The van der Waals surface area contributed by atoms with E-state index >= 15 is 0 Å². The minimum atomic E-state index is -0.507. The van der Waals surface area contributed by atoms with Gasteiger partial charge in [-0.2, -0.15) is 0 Å². The highest BCUT2D eigenvalue weighted by atomic mass is 16.2. The predicted molar refractivity (Wildman–Crippen MR) is 74.9 cm³/mol. The Labute approximate surface area is 112 Å². The fourth-order valence-corrected chi connectivity index (χ4v) is 1.77. The van der Waals surface area contributed by atoms with Crippen LogP contribution in [0.25, 0.3) is 11.1 Å². The second kappa shape index (κ2) is 5.48. The lowest BCUT2D eigenvalue weighted by Crippen LogP contribution is -2.29. The van der Waals surface area contributed by atoms with Crippen molar-refractivity contribution in [2.75, 3.05) is 14.1 Å². The summed E-state index contributed by atoms with van der Waals surface area (Å²) in [5.74, 6) is -0.989. The zero-order valence-electron chi connectivity index (χ0n) is 11.0. The lowest BCUT2D eigenvalue weighted by atomic mass is 10.0. The average molecular weight is 253 g/mol. The third-order valence-electron chi connectivity index (χ3n) is 2.85. The third kappa shape index (κ3) is 2.88. The molecular formula is C16H15NO2. The molecule has 0 N–H and O–H groups in total. The van der Waals surface area contributed by atoms with Gasteiger partial charge in [-0.05, 0) is 11.1 Å². The van der Waals surface area contributed by atoms with E-state index in [2.05, 4.69) is 0 Å². The first-order chi connectivity index (χ1) is 9.09. The van der Waals surface area contributed by atoms with Gasteiger partial charge in [0.15, 0.2) is 0 Å². The minimum Gasteiger partial charge on any atom is -0.342 e. The number of nitrogens with zero attached hydrogens (tertiary/aromatic N) is 1. The summed E-state index contributed by atoms with van der Waals surface area (Å²) >= 11 is 0. The van der Waals surface area contributed by atoms with Gasteiger partial charge < -0.3 is 4.90 Å². The Morgan fingerprint density at radius 3 is 1.84 bits per heavy atom. The number of ketones is 1. The Morgan fingerprint density at radius 2 is 1.32 bits per heavy atom. The molecule has 96 valence electrons. The number of amides is 1. The number of carbonyl (C=O) groups excluding carboxylic acids is 2. The van der Waals surface area contributed by atoms with Crippen molar-refractivity contribution in [2.24, 2.45) is 0 Å². The van der Waals surface area contributed by atoms with Crippen LogP contribution in [0.15, 0.2) is 54.6 Å². The van der Waals surface area contributed by atoms with Gasteiger partial charge in [-0.25, -0.2) is 0 Å². The molecule has 2 rings (SSSR count). The second-order valence-electron chi connectivity index (χ2n) is 4.47. The number of benzene rings is 2. The van der Waals surface area contributed by atoms with E-state index in [4.69, 9.17) is 0 Å². The molecule has 0 heterocycles. The molecule has 0 aliphatic heterocycles. The molecule has 0 aliphatic rings. The Kier molecular flexibility index (Phi) is 3.76. The number of likely N-dealkylation sites (N-methyl/N-ethyl adjacent to an activating group) is 1. The van der Waals surface area contributed by atoms with E-state index in [-0.39, 0.29) is 0 Å². The van der Waals surface area contributed by atoms with E-state index in [1.807, 2.05) is 42.5 Å². The molecule has 0 saturated carbocycles. The van der Waals surface area contributed by atoms with E-state index in [0.717, 1.165) is 11.1 Å². The average Bonchev–Trinajstić information content (AvgIpc) is 2.46. The van der Waals surface area contributed by atoms with Crippen LogP contribution in [-0.2, 0) is 4.79 Å². The predicted octanol–water partition coefficient (Wildman–Crippen LogP) is 2.62. The SMILES string of the molecule is CN(C)C(=O)C(=O)c1ccc(-c2ccccc2)cc1. The Morgan fingerprint density at radius 1 is 0.789 bits per heavy atom. The summed E-state index contributed by atoms with van der Waals surface area (Å²) in [6, 6.07) is 17.0. The van der Waals surface area contributed by atoms with Crippen LogP contribution < -0.4 is 0 Å². The van der Waals surface area contributed by atoms with Crippen LogP contribution in [0.4, 0.5) is 0 Å². The molecule has 19 heavy (non-hydrogen) atoms. The van der Waals surface area contributed by atoms with Crippen LogP contribution in [-0.4, -0.2) is 30.7 Å². The molecule has 1 amide bonds. The smallest absolute Gasteiger partial charge is 0.294 e. The number of hydrogen-bond donors (Lipinski definition) is 0. The minimum absolute atomic E-state index is 0.415. The standard InChI is InChI=1S/C16H15NO2/c1-17(2)16(19)15(18)14-10-8-13(9-11-14)12-6-4-3-5-7-12/h3-11H,1-2H3. The lowest BCUT2D eigenvalue weighted by Gasteiger charge is -2.09. The van der Waals surface area contributed by atoms with Crippen molar-refractivity contribution in [1.29, 1.82) is 0 Å². The topological polar surface area (TPSA) is 37.4 Å². The molecule has 0 fully saturated rings. The molecule has 0 radical (unpaired) electrons. The van der Waals surface area contributed by atoms with Crippen molar-refractivity contribution < 1.29 is 9.59 Å². The highest BCUT2D eigenvalue weighted by Gasteiger charge is 2.17. The Balaban J connectivity index is 2.24. The maximum atomic E-state index is 11.8. The molecule has 0 aliphatic carbocycles. The number of rotatable bonds is 3. The van der Waals surface area contributed by atoms with E-state index < -0.39 is 11.7 Å². The zero-order valence-corrected chi connectivity index (χ0v) is 11.0. The van der Waals surface area contributed by atoms with Crippen molar-refractivity contribution in [1.82, 2.24) is 4.90 Å². The maximum Gasteiger partial charge on any atom is 0.294 e. The summed E-state index contributed by atoms with van der Waals surface area (Å²) in [5.41, 5.74) is 2.52. The zero-order chi connectivity index (χ0) is 13.8. The van der Waals surface area contributed by atoms with E-state index in [0.29, 0.717) is 5.56 Å². The molecule has 0 aromatic heterocycles. The summed E-state index contributed by atoms with van der Waals surface area (Å²) in [6.45, 7) is 0. The van der Waals surface area contributed by atoms with Gasteiger partial charge in [-0.3, -0.25) is 9.59 Å². The highest BCUT2D eigenvalue weighted by Crippen LogP contribution is 2.19. The molecule has 3 heteroatoms. The number of hydrogen-bond acceptors (Lipinski definition) is 2. The molecule has 0 unspecified atom stereocenters. The van der Waals surface area contributed by atoms with E-state index in [9.17, 15) is 9.59 Å². The van der Waals surface area contributed by atoms with Crippen molar-refractivity contribution >= 4 is 11.7 Å². The van der Waals surface area contributed by atoms with Gasteiger partial charge in [-0.15, -0.1) is 0 Å². The summed E-state index contributed by atoms with van der Waals surface area (Å²) in [6.07, 6.45) is 0. The van der Waals surface area contributed by atoms with Crippen LogP contribution in [0.3, 0.4) is 0 Å². The van der Waals surface area contributed by atoms with Gasteiger partial charge in [-0.1, -0.05) is 54.6 Å². The molecular weight excluding hydrogens is 238 g/mol. The van der Waals surface area contributed by atoms with Gasteiger partial charge in [0.1, 0.15) is 0 Å². The van der Waals surface area contributed by atoms with Gasteiger partial charge in [0.05, 0.1) is 0 Å². The normalized spacial score (nSPS) is 10.0. The van der Waals surface area contributed by atoms with E-state index in [1.165, 1.54) is 4.90 Å². The lowest BCUT2D eigenvalue weighted by molar-refractivity contribution is -0.124. The first kappa shape index (κ1) is 13.0. The highest BCUT2D eigenvalue weighted by molar-refractivity contribution is 6.42. The quantitative estimate of drug-likeness (QED) is 0.623. The molecule has 2 aromatic carbocycles. The van der Waals surface area contributed by atoms with Crippen LogP contribution in [0, 0.1) is 0 Å². The van der Waals surface area contributed by atoms with Gasteiger partial charge in [0.2, 0.25) is 5.78 Å². The first-order valence-corrected chi connectivity index (χ1v) is 6.01. The van der Waals surface area contributed by atoms with Crippen molar-refractivity contribution in [3.63, 3.8) is 0 Å². The van der Waals surface area contributed by atoms with E-state index in [1.54, 1.807) is 26.2 Å². The molecule has 2 aromatic rings. The molecule has 3 nitrogen and oxygen atoms in total. The van der Waals surface area contributed by atoms with Crippen molar-refractivity contribution in [3.8, 4) is 11.1 Å².